The molecule has 0 bridgehead atoms. The van der Waals surface area contributed by atoms with E-state index in [2.05, 4.69) is 76.3 Å². The van der Waals surface area contributed by atoms with E-state index in [-0.39, 0.29) is 63.1 Å². The van der Waals surface area contributed by atoms with Crippen LogP contribution in [0.15, 0.2) is 48.6 Å². The fourth-order valence-corrected chi connectivity index (χ4v) is 10.9. The van der Waals surface area contributed by atoms with E-state index in [1.807, 2.05) is 0 Å². The summed E-state index contributed by atoms with van der Waals surface area (Å²) in [5.74, 6) is -1.32. The molecule has 2 atom stereocenters. The molecule has 0 aliphatic carbocycles. The Morgan fingerprint density at radius 1 is 0.230 bits per heavy atom. The fourth-order valence-electron chi connectivity index (χ4n) is 10.9. The van der Waals surface area contributed by atoms with E-state index in [1.54, 1.807) is 0 Å². The van der Waals surface area contributed by atoms with Crippen molar-refractivity contribution in [3.8, 4) is 0 Å². The molecule has 0 amide bonds. The van der Waals surface area contributed by atoms with Crippen LogP contribution in [0, 0.1) is 0 Å². The van der Waals surface area contributed by atoms with Crippen LogP contribution in [-0.4, -0.2) is 62.5 Å². The van der Waals surface area contributed by atoms with Gasteiger partial charge in [0.2, 0.25) is 0 Å². The molecule has 0 aliphatic rings. The topological polar surface area (TPSA) is 114 Å². The van der Waals surface area contributed by atoms with Crippen molar-refractivity contribution in [2.75, 3.05) is 26.4 Å². The van der Waals surface area contributed by atoms with E-state index >= 15 is 0 Å². The first-order valence-electron chi connectivity index (χ1n) is 37.7. The molecule has 0 rings (SSSR count). The van der Waals surface area contributed by atoms with Crippen LogP contribution >= 0.6 is 0 Å². The van der Waals surface area contributed by atoms with Gasteiger partial charge in [-0.25, -0.2) is 0 Å². The quantitative estimate of drug-likeness (QED) is 0.0254. The van der Waals surface area contributed by atoms with Gasteiger partial charge in [0.05, 0.1) is 13.2 Å². The number of hydrogen-bond acceptors (Lipinski definition) is 9. The van der Waals surface area contributed by atoms with Gasteiger partial charge in [-0.15, -0.1) is 0 Å². The summed E-state index contributed by atoms with van der Waals surface area (Å²) in [7, 11) is 0. The molecule has 0 saturated heterocycles. The van der Waals surface area contributed by atoms with E-state index in [9.17, 15) is 19.2 Å². The minimum Gasteiger partial charge on any atom is -0.462 e. The van der Waals surface area contributed by atoms with Gasteiger partial charge in [-0.3, -0.25) is 19.2 Å². The molecule has 508 valence electrons. The molecular weight excluding hydrogens is 1080 g/mol. The van der Waals surface area contributed by atoms with Gasteiger partial charge in [0.25, 0.3) is 0 Å². The Hall–Kier alpha value is -3.20. The lowest BCUT2D eigenvalue weighted by molar-refractivity contribution is -0.169. The Morgan fingerprint density at radius 3 is 0.632 bits per heavy atom. The summed E-state index contributed by atoms with van der Waals surface area (Å²) in [6.07, 6.45) is 79.6. The second-order valence-electron chi connectivity index (χ2n) is 25.5. The second-order valence-corrected chi connectivity index (χ2v) is 25.5. The van der Waals surface area contributed by atoms with Gasteiger partial charge in [0, 0.05) is 25.7 Å². The first-order chi connectivity index (χ1) is 42.9. The summed E-state index contributed by atoms with van der Waals surface area (Å²) in [5, 5.41) is 0. The van der Waals surface area contributed by atoms with Crippen molar-refractivity contribution >= 4 is 23.9 Å². The van der Waals surface area contributed by atoms with Gasteiger partial charge in [-0.05, 0) is 128 Å². The number of rotatable bonds is 70. The standard InChI is InChI=1S/C78H142O9/c1-5-9-13-17-21-25-29-33-37-41-45-49-53-57-61-65-75(79)84-71-73(86-77(81)67-63-59-55-51-47-43-39-35-31-27-23-19-15-11-7-3)69-83-70-74(87-78(82)68-64-60-56-52-48-44-40-36-32-28-24-20-16-12-8-4)72-85-76(80)66-62-58-54-50-46-42-38-34-30-26-22-18-14-10-6-2/h33-40,73-74H,5-32,41-72H2,1-4H3/t73-,74-/m0/s1. The summed E-state index contributed by atoms with van der Waals surface area (Å²) in [5.41, 5.74) is 0. The molecule has 0 saturated carbocycles. The van der Waals surface area contributed by atoms with Crippen LogP contribution in [0.2, 0.25) is 0 Å². The third-order valence-electron chi connectivity index (χ3n) is 16.6. The predicted molar refractivity (Wildman–Crippen MR) is 370 cm³/mol. The Bertz CT molecular complexity index is 1470. The fraction of sp³-hybridized carbons (Fsp3) is 0.846. The van der Waals surface area contributed by atoms with Gasteiger partial charge in [-0.2, -0.15) is 0 Å². The van der Waals surface area contributed by atoms with Crippen molar-refractivity contribution in [1.82, 2.24) is 0 Å². The zero-order chi connectivity index (χ0) is 63.1. The van der Waals surface area contributed by atoms with E-state index < -0.39 is 12.2 Å². The first kappa shape index (κ1) is 83.8. The summed E-state index contributed by atoms with van der Waals surface area (Å²) < 4.78 is 29.4. The first-order valence-corrected chi connectivity index (χ1v) is 37.7. The van der Waals surface area contributed by atoms with Gasteiger partial charge in [0.15, 0.2) is 12.2 Å². The second kappa shape index (κ2) is 71.9. The number of ether oxygens (including phenoxy) is 5. The lowest BCUT2D eigenvalue weighted by atomic mass is 10.1. The number of esters is 4. The van der Waals surface area contributed by atoms with Crippen LogP contribution in [-0.2, 0) is 42.9 Å². The van der Waals surface area contributed by atoms with Gasteiger partial charge < -0.3 is 23.7 Å². The average Bonchev–Trinajstić information content (AvgIpc) is 3.61. The molecule has 0 radical (unpaired) electrons. The van der Waals surface area contributed by atoms with Crippen LogP contribution in [0.4, 0.5) is 0 Å². The van der Waals surface area contributed by atoms with Crippen molar-refractivity contribution in [1.29, 1.82) is 0 Å². The Kier molecular flexibility index (Phi) is 69.2. The monoisotopic (exact) mass is 1220 g/mol. The molecule has 0 aliphatic heterocycles. The Morgan fingerprint density at radius 2 is 0.414 bits per heavy atom. The lowest BCUT2D eigenvalue weighted by Gasteiger charge is -2.21. The van der Waals surface area contributed by atoms with Gasteiger partial charge in [-0.1, -0.05) is 282 Å². The third-order valence-corrected chi connectivity index (χ3v) is 16.6. The zero-order valence-corrected chi connectivity index (χ0v) is 57.9. The van der Waals surface area contributed by atoms with E-state index in [0.29, 0.717) is 12.8 Å². The molecule has 0 aromatic heterocycles. The van der Waals surface area contributed by atoms with Crippen molar-refractivity contribution in [3.63, 3.8) is 0 Å². The maximum absolute atomic E-state index is 13.2. The molecular formula is C78H142O9. The minimum absolute atomic E-state index is 0.0516. The summed E-state index contributed by atoms with van der Waals surface area (Å²) >= 11 is 0. The van der Waals surface area contributed by atoms with Crippen molar-refractivity contribution < 1.29 is 42.9 Å². The van der Waals surface area contributed by atoms with Crippen molar-refractivity contribution in [2.45, 2.75) is 399 Å². The number of unbranched alkanes of at least 4 members (excludes halogenated alkanes) is 44. The highest BCUT2D eigenvalue weighted by molar-refractivity contribution is 5.71. The van der Waals surface area contributed by atoms with Gasteiger partial charge in [0.1, 0.15) is 13.2 Å². The molecule has 0 N–H and O–H groups in total. The predicted octanol–water partition coefficient (Wildman–Crippen LogP) is 24.1. The summed E-state index contributed by atoms with van der Waals surface area (Å²) in [6, 6.07) is 0. The Balaban J connectivity index is 5.30. The SMILES string of the molecule is CCCCCCCCC=CCCCCCCCC(=O)OC[C@H](COC[C@@H](COC(=O)CCCCCCCC=CCCCCCCCC)OC(=O)CCCCCCCC=CCCCCCCCC)OC(=O)CCCCCCCC=CCCCCCCCC. The van der Waals surface area contributed by atoms with Crippen molar-refractivity contribution in [3.05, 3.63) is 48.6 Å². The Labute approximate surface area is 538 Å². The number of carbonyl (C=O) groups excluding carboxylic acids is 4. The number of hydrogen-bond donors (Lipinski definition) is 0. The van der Waals surface area contributed by atoms with Crippen LogP contribution in [0.25, 0.3) is 0 Å². The smallest absolute Gasteiger partial charge is 0.306 e. The highest BCUT2D eigenvalue weighted by Gasteiger charge is 2.22. The molecule has 9 nitrogen and oxygen atoms in total. The maximum atomic E-state index is 13.2. The number of carbonyl (C=O) groups is 4. The molecule has 87 heavy (non-hydrogen) atoms. The zero-order valence-electron chi connectivity index (χ0n) is 57.9. The highest BCUT2D eigenvalue weighted by Crippen LogP contribution is 2.17. The third kappa shape index (κ3) is 68.6. The molecule has 0 heterocycles. The average molecular weight is 1220 g/mol. The minimum atomic E-state index is -0.825. The summed E-state index contributed by atoms with van der Waals surface area (Å²) in [4.78, 5) is 52.5. The highest BCUT2D eigenvalue weighted by atomic mass is 16.6. The number of allylic oxidation sites excluding steroid dienone is 8. The normalized spacial score (nSPS) is 12.6. The largest absolute Gasteiger partial charge is 0.462 e. The van der Waals surface area contributed by atoms with Crippen LogP contribution in [0.5, 0.6) is 0 Å². The molecule has 0 spiro atoms. The molecule has 9 heteroatoms. The molecule has 0 aromatic carbocycles. The molecule has 0 fully saturated rings. The van der Waals surface area contributed by atoms with Gasteiger partial charge >= 0.3 is 23.9 Å². The van der Waals surface area contributed by atoms with E-state index in [0.717, 1.165) is 141 Å². The molecule has 0 aromatic rings. The molecule has 0 unspecified atom stereocenters. The maximum Gasteiger partial charge on any atom is 0.306 e. The van der Waals surface area contributed by atoms with Crippen LogP contribution < -0.4 is 0 Å². The van der Waals surface area contributed by atoms with Crippen LogP contribution in [0.1, 0.15) is 387 Å². The lowest BCUT2D eigenvalue weighted by Crippen LogP contribution is -2.34. The van der Waals surface area contributed by atoms with Crippen LogP contribution in [0.3, 0.4) is 0 Å². The van der Waals surface area contributed by atoms with E-state index in [1.165, 1.54) is 193 Å². The van der Waals surface area contributed by atoms with Crippen molar-refractivity contribution in [2.24, 2.45) is 0 Å². The van der Waals surface area contributed by atoms with E-state index in [4.69, 9.17) is 23.7 Å². The summed E-state index contributed by atoms with van der Waals surface area (Å²) in [6.45, 7) is 8.71.